The van der Waals surface area contributed by atoms with Crippen molar-refractivity contribution in [2.45, 2.75) is 13.2 Å². The van der Waals surface area contributed by atoms with Gasteiger partial charge < -0.3 is 10.1 Å². The number of benzene rings is 1. The summed E-state index contributed by atoms with van der Waals surface area (Å²) in [4.78, 5) is 11.7. The minimum absolute atomic E-state index is 0.282. The van der Waals surface area contributed by atoms with E-state index in [1.807, 2.05) is 6.07 Å². The first-order valence-electron chi connectivity index (χ1n) is 4.85. The summed E-state index contributed by atoms with van der Waals surface area (Å²) in [6.07, 6.45) is -0.970. The van der Waals surface area contributed by atoms with Gasteiger partial charge in [0.05, 0.1) is 10.0 Å². The third-order valence-electron chi connectivity index (χ3n) is 1.89. The second-order valence-corrected chi connectivity index (χ2v) is 3.88. The number of amides is 1. The third-order valence-corrected chi connectivity index (χ3v) is 2.63. The summed E-state index contributed by atoms with van der Waals surface area (Å²) >= 11 is 11.5. The van der Waals surface area contributed by atoms with Gasteiger partial charge in [0.2, 0.25) is 6.23 Å². The summed E-state index contributed by atoms with van der Waals surface area (Å²) in [5.74, 6) is -0.441. The van der Waals surface area contributed by atoms with Gasteiger partial charge in [0.15, 0.2) is 0 Å². The van der Waals surface area contributed by atoms with Crippen molar-refractivity contribution in [3.05, 3.63) is 33.8 Å². The molecule has 0 aliphatic carbocycles. The summed E-state index contributed by atoms with van der Waals surface area (Å²) < 4.78 is 4.99. The van der Waals surface area contributed by atoms with E-state index in [-0.39, 0.29) is 5.02 Å². The van der Waals surface area contributed by atoms with Crippen molar-refractivity contribution < 1.29 is 9.53 Å². The lowest BCUT2D eigenvalue weighted by Crippen LogP contribution is -2.35. The van der Waals surface area contributed by atoms with Gasteiger partial charge in [0, 0.05) is 12.2 Å². The van der Waals surface area contributed by atoms with Crippen molar-refractivity contribution >= 4 is 29.1 Å². The van der Waals surface area contributed by atoms with Crippen molar-refractivity contribution in [1.82, 2.24) is 5.32 Å². The van der Waals surface area contributed by atoms with Crippen LogP contribution in [0.15, 0.2) is 18.2 Å². The number of nitriles is 1. The highest BCUT2D eigenvalue weighted by molar-refractivity contribution is 6.42. The highest BCUT2D eigenvalue weighted by Gasteiger charge is 2.13. The summed E-state index contributed by atoms with van der Waals surface area (Å²) in [5, 5.41) is 11.8. The molecule has 4 nitrogen and oxygen atoms in total. The van der Waals surface area contributed by atoms with E-state index in [0.29, 0.717) is 17.2 Å². The van der Waals surface area contributed by atoms with E-state index >= 15 is 0 Å². The van der Waals surface area contributed by atoms with E-state index in [4.69, 9.17) is 33.2 Å². The molecular formula is C11H10Cl2N2O2. The average molecular weight is 273 g/mol. The molecular weight excluding hydrogens is 263 g/mol. The Morgan fingerprint density at radius 2 is 2.24 bits per heavy atom. The minimum atomic E-state index is -0.970. The van der Waals surface area contributed by atoms with Gasteiger partial charge in [0.1, 0.15) is 6.07 Å². The molecule has 0 saturated heterocycles. The van der Waals surface area contributed by atoms with Crippen LogP contribution >= 0.6 is 23.2 Å². The average Bonchev–Trinajstić information content (AvgIpc) is 2.31. The van der Waals surface area contributed by atoms with Crippen molar-refractivity contribution in [2.24, 2.45) is 0 Å². The van der Waals surface area contributed by atoms with E-state index in [1.54, 1.807) is 6.92 Å². The highest BCUT2D eigenvalue weighted by Crippen LogP contribution is 2.22. The van der Waals surface area contributed by atoms with Crippen LogP contribution in [0.1, 0.15) is 17.3 Å². The minimum Gasteiger partial charge on any atom is -0.346 e. The second-order valence-electron chi connectivity index (χ2n) is 3.07. The summed E-state index contributed by atoms with van der Waals surface area (Å²) in [7, 11) is 0. The molecule has 1 amide bonds. The molecule has 1 rings (SSSR count). The molecule has 0 aliphatic heterocycles. The van der Waals surface area contributed by atoms with Crippen LogP contribution in [0.2, 0.25) is 10.0 Å². The lowest BCUT2D eigenvalue weighted by atomic mass is 10.2. The molecule has 0 bridgehead atoms. The lowest BCUT2D eigenvalue weighted by Gasteiger charge is -2.11. The number of hydrogen-bond donors (Lipinski definition) is 1. The Kier molecular flexibility index (Phi) is 5.23. The molecule has 90 valence electrons. The van der Waals surface area contributed by atoms with Gasteiger partial charge in [-0.2, -0.15) is 5.26 Å². The number of halogens is 2. The summed E-state index contributed by atoms with van der Waals surface area (Å²) in [5.41, 5.74) is 0.319. The number of ether oxygens (including phenoxy) is 1. The van der Waals surface area contributed by atoms with Gasteiger partial charge >= 0.3 is 0 Å². The fraction of sp³-hybridized carbons (Fsp3) is 0.273. The molecule has 6 heteroatoms. The predicted molar refractivity (Wildman–Crippen MR) is 65.0 cm³/mol. The Labute approximate surface area is 109 Å². The SMILES string of the molecule is CCOC(C#N)NC(=O)c1ccc(Cl)c(Cl)c1. The van der Waals surface area contributed by atoms with E-state index in [0.717, 1.165) is 0 Å². The Bertz CT molecular complexity index is 457. The topological polar surface area (TPSA) is 62.1 Å². The molecule has 0 aromatic heterocycles. The number of hydrogen-bond acceptors (Lipinski definition) is 3. The normalized spacial score (nSPS) is 11.6. The molecule has 0 heterocycles. The monoisotopic (exact) mass is 272 g/mol. The third kappa shape index (κ3) is 3.90. The Morgan fingerprint density at radius 1 is 1.53 bits per heavy atom. The first kappa shape index (κ1) is 13.8. The number of nitrogens with zero attached hydrogens (tertiary/aromatic N) is 1. The molecule has 0 radical (unpaired) electrons. The lowest BCUT2D eigenvalue weighted by molar-refractivity contribution is 0.0615. The fourth-order valence-corrected chi connectivity index (χ4v) is 1.42. The van der Waals surface area contributed by atoms with Gasteiger partial charge in [-0.3, -0.25) is 4.79 Å². The molecule has 0 aliphatic rings. The molecule has 1 atom stereocenters. The Morgan fingerprint density at radius 3 is 2.76 bits per heavy atom. The maximum absolute atomic E-state index is 11.7. The Balaban J connectivity index is 2.76. The largest absolute Gasteiger partial charge is 0.346 e. The van der Waals surface area contributed by atoms with E-state index in [1.165, 1.54) is 18.2 Å². The van der Waals surface area contributed by atoms with E-state index in [9.17, 15) is 4.79 Å². The molecule has 0 fully saturated rings. The molecule has 1 unspecified atom stereocenters. The molecule has 0 spiro atoms. The smallest absolute Gasteiger partial charge is 0.254 e. The van der Waals surface area contributed by atoms with Crippen molar-refractivity contribution in [3.8, 4) is 6.07 Å². The van der Waals surface area contributed by atoms with Gasteiger partial charge in [-0.1, -0.05) is 23.2 Å². The van der Waals surface area contributed by atoms with Crippen molar-refractivity contribution in [3.63, 3.8) is 0 Å². The van der Waals surface area contributed by atoms with Crippen LogP contribution in [0.4, 0.5) is 0 Å². The predicted octanol–water partition coefficient (Wildman–Crippen LogP) is 2.61. The molecule has 1 N–H and O–H groups in total. The maximum Gasteiger partial charge on any atom is 0.254 e. The molecule has 1 aromatic rings. The summed E-state index contributed by atoms with van der Waals surface area (Å²) in [6, 6.07) is 6.28. The van der Waals surface area contributed by atoms with Crippen LogP contribution in [0.25, 0.3) is 0 Å². The zero-order valence-corrected chi connectivity index (χ0v) is 10.5. The first-order chi connectivity index (χ1) is 8.08. The van der Waals surface area contributed by atoms with Gasteiger partial charge in [-0.15, -0.1) is 0 Å². The fourth-order valence-electron chi connectivity index (χ4n) is 1.12. The molecule has 1 aromatic carbocycles. The van der Waals surface area contributed by atoms with Gasteiger partial charge in [0.25, 0.3) is 5.91 Å². The van der Waals surface area contributed by atoms with Crippen LogP contribution in [0.3, 0.4) is 0 Å². The van der Waals surface area contributed by atoms with E-state index in [2.05, 4.69) is 5.32 Å². The van der Waals surface area contributed by atoms with Crippen molar-refractivity contribution in [2.75, 3.05) is 6.61 Å². The molecule has 0 saturated carbocycles. The van der Waals surface area contributed by atoms with Gasteiger partial charge in [-0.25, -0.2) is 0 Å². The van der Waals surface area contributed by atoms with Crippen LogP contribution in [-0.2, 0) is 4.74 Å². The van der Waals surface area contributed by atoms with Gasteiger partial charge in [-0.05, 0) is 25.1 Å². The van der Waals surface area contributed by atoms with Crippen LogP contribution < -0.4 is 5.32 Å². The van der Waals surface area contributed by atoms with Crippen LogP contribution in [0, 0.1) is 11.3 Å². The number of rotatable bonds is 4. The number of carbonyl (C=O) groups is 1. The maximum atomic E-state index is 11.7. The quantitative estimate of drug-likeness (QED) is 0.858. The number of carbonyl (C=O) groups excluding carboxylic acids is 1. The second kappa shape index (κ2) is 6.45. The van der Waals surface area contributed by atoms with Crippen molar-refractivity contribution in [1.29, 1.82) is 5.26 Å². The highest BCUT2D eigenvalue weighted by atomic mass is 35.5. The zero-order valence-electron chi connectivity index (χ0n) is 9.04. The zero-order chi connectivity index (χ0) is 12.8. The van der Waals surface area contributed by atoms with E-state index < -0.39 is 12.1 Å². The number of nitrogens with one attached hydrogen (secondary N) is 1. The standard InChI is InChI=1S/C11H10Cl2N2O2/c1-2-17-10(6-14)15-11(16)7-3-4-8(12)9(13)5-7/h3-5,10H,2H2,1H3,(H,15,16). The summed E-state index contributed by atoms with van der Waals surface area (Å²) in [6.45, 7) is 2.07. The Hall–Kier alpha value is -1.28. The van der Waals surface area contributed by atoms with Crippen LogP contribution in [0.5, 0.6) is 0 Å². The first-order valence-corrected chi connectivity index (χ1v) is 5.61. The molecule has 17 heavy (non-hydrogen) atoms. The van der Waals surface area contributed by atoms with Crippen LogP contribution in [-0.4, -0.2) is 18.7 Å².